The first kappa shape index (κ1) is 33.8. The Kier molecular flexibility index (Phi) is 12.0. The van der Waals surface area contributed by atoms with Crippen LogP contribution in [0.3, 0.4) is 0 Å². The number of hydrogen-bond donors (Lipinski definition) is 1. The van der Waals surface area contributed by atoms with Crippen LogP contribution in [0.1, 0.15) is 116 Å². The standard InChI is InChI=1S/C30H51N3O3.C2HF3O2/c1-2-3-14-27-30(36-29(35)33(27)23-24-10-6-4-7-11-24)17-21-31(22-18-30)26-15-19-32(20-16-26)28(34)25-12-8-5-9-13-25;3-2(4,5)1(6)7/h24-27H,2-23H2,1H3;(H,6,7). The van der Waals surface area contributed by atoms with E-state index in [1.807, 2.05) is 0 Å². The predicted octanol–water partition coefficient (Wildman–Crippen LogP) is 6.62. The number of alkyl halides is 3. The highest BCUT2D eigenvalue weighted by atomic mass is 19.4. The zero-order valence-corrected chi connectivity index (χ0v) is 25.9. The van der Waals surface area contributed by atoms with Crippen LogP contribution in [-0.2, 0) is 14.3 Å². The number of halogens is 3. The van der Waals surface area contributed by atoms with E-state index in [0.29, 0.717) is 23.8 Å². The van der Waals surface area contributed by atoms with Crippen LogP contribution < -0.4 is 0 Å². The fraction of sp³-hybridized carbons (Fsp3) is 0.906. The van der Waals surface area contributed by atoms with E-state index < -0.39 is 12.1 Å². The minimum absolute atomic E-state index is 0.0374. The summed E-state index contributed by atoms with van der Waals surface area (Å²) < 4.78 is 38.0. The molecule has 2 saturated carbocycles. The number of amides is 2. The number of nitrogens with zero attached hydrogens (tertiary/aromatic N) is 3. The molecular weight excluding hydrogens is 563 g/mol. The van der Waals surface area contributed by atoms with Crippen molar-refractivity contribution in [1.29, 1.82) is 0 Å². The van der Waals surface area contributed by atoms with Gasteiger partial charge in [0, 0.05) is 57.5 Å². The summed E-state index contributed by atoms with van der Waals surface area (Å²) in [5, 5.41) is 7.12. The van der Waals surface area contributed by atoms with Crippen LogP contribution in [0.4, 0.5) is 18.0 Å². The molecule has 8 nitrogen and oxygen atoms in total. The van der Waals surface area contributed by atoms with Gasteiger partial charge in [0.05, 0.1) is 6.04 Å². The smallest absolute Gasteiger partial charge is 0.475 e. The lowest BCUT2D eigenvalue weighted by Gasteiger charge is -2.46. The summed E-state index contributed by atoms with van der Waals surface area (Å²) in [7, 11) is 0. The first-order valence-electron chi connectivity index (χ1n) is 16.9. The number of unbranched alkanes of at least 4 members (excludes halogenated alkanes) is 1. The molecule has 5 rings (SSSR count). The van der Waals surface area contributed by atoms with Crippen molar-refractivity contribution in [3.05, 3.63) is 0 Å². The summed E-state index contributed by atoms with van der Waals surface area (Å²) in [4.78, 5) is 42.0. The number of aliphatic carboxylic acids is 1. The Morgan fingerprint density at radius 3 is 2.00 bits per heavy atom. The van der Waals surface area contributed by atoms with Crippen molar-refractivity contribution in [2.75, 3.05) is 32.7 Å². The largest absolute Gasteiger partial charge is 0.490 e. The summed E-state index contributed by atoms with van der Waals surface area (Å²) in [6.07, 6.45) is 14.9. The fourth-order valence-corrected chi connectivity index (χ4v) is 8.14. The van der Waals surface area contributed by atoms with Gasteiger partial charge in [-0.2, -0.15) is 13.2 Å². The molecule has 1 N–H and O–H groups in total. The highest BCUT2D eigenvalue weighted by Gasteiger charge is 2.55. The topological polar surface area (TPSA) is 90.4 Å². The summed E-state index contributed by atoms with van der Waals surface area (Å²) in [6, 6.07) is 0.825. The van der Waals surface area contributed by atoms with Crippen molar-refractivity contribution in [2.24, 2.45) is 11.8 Å². The van der Waals surface area contributed by atoms with Crippen LogP contribution in [0.2, 0.25) is 0 Å². The van der Waals surface area contributed by atoms with Crippen LogP contribution >= 0.6 is 0 Å². The van der Waals surface area contributed by atoms with Crippen molar-refractivity contribution in [3.63, 3.8) is 0 Å². The second-order valence-corrected chi connectivity index (χ2v) is 13.5. The maximum atomic E-state index is 13.2. The van der Waals surface area contributed by atoms with E-state index in [2.05, 4.69) is 21.6 Å². The highest BCUT2D eigenvalue weighted by molar-refractivity contribution is 5.79. The van der Waals surface area contributed by atoms with Crippen molar-refractivity contribution < 1.29 is 37.4 Å². The van der Waals surface area contributed by atoms with Gasteiger partial charge in [-0.05, 0) is 50.9 Å². The van der Waals surface area contributed by atoms with Crippen molar-refractivity contribution in [3.8, 4) is 0 Å². The normalized spacial score (nSPS) is 26.2. The van der Waals surface area contributed by atoms with E-state index in [1.165, 1.54) is 64.2 Å². The van der Waals surface area contributed by atoms with E-state index in [4.69, 9.17) is 14.6 Å². The molecule has 2 amide bonds. The molecule has 5 aliphatic rings. The van der Waals surface area contributed by atoms with E-state index in [9.17, 15) is 22.8 Å². The van der Waals surface area contributed by atoms with Gasteiger partial charge in [-0.25, -0.2) is 9.59 Å². The lowest BCUT2D eigenvalue weighted by Crippen LogP contribution is -2.56. The Morgan fingerprint density at radius 2 is 1.47 bits per heavy atom. The molecule has 1 unspecified atom stereocenters. The quantitative estimate of drug-likeness (QED) is 0.346. The Balaban J connectivity index is 0.000000541. The second kappa shape index (κ2) is 15.3. The minimum Gasteiger partial charge on any atom is -0.475 e. The number of likely N-dealkylation sites (tertiary alicyclic amines) is 2. The molecule has 3 aliphatic heterocycles. The molecule has 0 aromatic carbocycles. The molecule has 3 heterocycles. The average Bonchev–Trinajstić information content (AvgIpc) is 3.25. The summed E-state index contributed by atoms with van der Waals surface area (Å²) in [5.74, 6) is -1.38. The maximum Gasteiger partial charge on any atom is 0.490 e. The minimum atomic E-state index is -5.08. The summed E-state index contributed by atoms with van der Waals surface area (Å²) in [5.41, 5.74) is -0.283. The van der Waals surface area contributed by atoms with Crippen molar-refractivity contribution in [1.82, 2.24) is 14.7 Å². The molecule has 0 aromatic rings. The number of ether oxygens (including phenoxy) is 1. The lowest BCUT2D eigenvalue weighted by atomic mass is 9.80. The molecule has 1 atom stereocenters. The number of hydrogen-bond acceptors (Lipinski definition) is 5. The average molecular weight is 616 g/mol. The Bertz CT molecular complexity index is 920. The van der Waals surface area contributed by atoms with Gasteiger partial charge in [-0.3, -0.25) is 9.69 Å². The monoisotopic (exact) mass is 615 g/mol. The van der Waals surface area contributed by atoms with Crippen molar-refractivity contribution >= 4 is 18.0 Å². The van der Waals surface area contributed by atoms with E-state index >= 15 is 0 Å². The molecule has 1 spiro atoms. The molecule has 11 heteroatoms. The van der Waals surface area contributed by atoms with E-state index in [1.54, 1.807) is 0 Å². The first-order chi connectivity index (χ1) is 20.5. The molecule has 43 heavy (non-hydrogen) atoms. The van der Waals surface area contributed by atoms with E-state index in [-0.39, 0.29) is 17.7 Å². The molecule has 3 saturated heterocycles. The van der Waals surface area contributed by atoms with Gasteiger partial charge in [-0.15, -0.1) is 0 Å². The summed E-state index contributed by atoms with van der Waals surface area (Å²) in [6.45, 7) is 7.05. The molecular formula is C32H52F3N3O5. The van der Waals surface area contributed by atoms with Crippen LogP contribution in [0.15, 0.2) is 0 Å². The predicted molar refractivity (Wildman–Crippen MR) is 156 cm³/mol. The van der Waals surface area contributed by atoms with Crippen LogP contribution in [0.5, 0.6) is 0 Å². The fourth-order valence-electron chi connectivity index (χ4n) is 8.14. The second-order valence-electron chi connectivity index (χ2n) is 13.5. The third kappa shape index (κ3) is 8.78. The van der Waals surface area contributed by atoms with Crippen LogP contribution in [0.25, 0.3) is 0 Å². The molecule has 0 radical (unpaired) electrons. The zero-order valence-electron chi connectivity index (χ0n) is 25.9. The molecule has 246 valence electrons. The zero-order chi connectivity index (χ0) is 31.0. The van der Waals surface area contributed by atoms with Gasteiger partial charge in [0.25, 0.3) is 0 Å². The highest BCUT2D eigenvalue weighted by Crippen LogP contribution is 2.43. The first-order valence-corrected chi connectivity index (χ1v) is 16.9. The number of carboxylic acids is 1. The van der Waals surface area contributed by atoms with Gasteiger partial charge in [0.1, 0.15) is 5.60 Å². The van der Waals surface area contributed by atoms with Gasteiger partial charge in [-0.1, -0.05) is 58.3 Å². The van der Waals surface area contributed by atoms with Gasteiger partial charge in [0.2, 0.25) is 5.91 Å². The number of piperidine rings is 2. The third-order valence-corrected chi connectivity index (χ3v) is 10.7. The number of carbonyl (C=O) groups excluding carboxylic acids is 2. The SMILES string of the molecule is CCCCC1N(CC2CCCCC2)C(=O)OC12CCN(C1CCN(C(=O)C3CCCCC3)CC1)CC2.O=C(O)C(F)(F)F. The Hall–Kier alpha value is -2.04. The number of carbonyl (C=O) groups is 3. The lowest BCUT2D eigenvalue weighted by molar-refractivity contribution is -0.192. The van der Waals surface area contributed by atoms with Gasteiger partial charge < -0.3 is 19.6 Å². The number of rotatable bonds is 7. The van der Waals surface area contributed by atoms with E-state index in [0.717, 1.165) is 77.7 Å². The molecule has 0 aromatic heterocycles. The number of carboxylic acid groups (broad SMARTS) is 1. The molecule has 5 fully saturated rings. The van der Waals surface area contributed by atoms with Crippen LogP contribution in [-0.4, -0.2) is 94.4 Å². The van der Waals surface area contributed by atoms with Gasteiger partial charge in [0.15, 0.2) is 0 Å². The molecule has 2 aliphatic carbocycles. The maximum absolute atomic E-state index is 13.2. The molecule has 0 bridgehead atoms. The Morgan fingerprint density at radius 1 is 0.907 bits per heavy atom. The Labute approximate surface area is 254 Å². The van der Waals surface area contributed by atoms with Gasteiger partial charge >= 0.3 is 18.2 Å². The van der Waals surface area contributed by atoms with Crippen LogP contribution in [0, 0.1) is 11.8 Å². The van der Waals surface area contributed by atoms with Crippen molar-refractivity contribution in [2.45, 2.75) is 140 Å². The summed E-state index contributed by atoms with van der Waals surface area (Å²) >= 11 is 0. The third-order valence-electron chi connectivity index (χ3n) is 10.7.